The number of nitrogens with one attached hydrogen (secondary N) is 1. The Bertz CT molecular complexity index is 202. The summed E-state index contributed by atoms with van der Waals surface area (Å²) in [7, 11) is 0. The van der Waals surface area contributed by atoms with Crippen LogP contribution in [-0.4, -0.2) is 24.8 Å². The maximum atomic E-state index is 11.2. The van der Waals surface area contributed by atoms with Crippen LogP contribution in [-0.2, 0) is 17.2 Å². The number of rotatable bonds is 6. The fourth-order valence-corrected chi connectivity index (χ4v) is 1.11. The van der Waals surface area contributed by atoms with Gasteiger partial charge in [0.25, 0.3) is 0 Å². The lowest BCUT2D eigenvalue weighted by Gasteiger charge is -2.19. The molecule has 0 aromatic rings. The lowest BCUT2D eigenvalue weighted by Crippen LogP contribution is -2.32. The summed E-state index contributed by atoms with van der Waals surface area (Å²) in [6, 6.07) is 0. The van der Waals surface area contributed by atoms with E-state index in [1.807, 2.05) is 20.8 Å². The van der Waals surface area contributed by atoms with Crippen LogP contribution in [0.15, 0.2) is 4.36 Å². The molecule has 0 unspecified atom stereocenters. The summed E-state index contributed by atoms with van der Waals surface area (Å²) in [5.41, 5.74) is -0.425. The predicted octanol–water partition coefficient (Wildman–Crippen LogP) is 2.41. The molecule has 0 heterocycles. The minimum Gasteiger partial charge on any atom is -0.444 e. The Balaban J connectivity index is 3.36. The number of carbonyl (C=O) groups is 1. The Morgan fingerprint density at radius 1 is 1.33 bits per heavy atom. The van der Waals surface area contributed by atoms with Gasteiger partial charge in [-0.05, 0) is 40.0 Å². The molecule has 5 heteroatoms. The highest BCUT2D eigenvalue weighted by Crippen LogP contribution is 2.06. The first-order valence-electron chi connectivity index (χ1n) is 5.21. The zero-order chi connectivity index (χ0) is 11.7. The van der Waals surface area contributed by atoms with Crippen molar-refractivity contribution < 1.29 is 9.53 Å². The zero-order valence-electron chi connectivity index (χ0n) is 9.71. The summed E-state index contributed by atoms with van der Waals surface area (Å²) in [5, 5.41) is 2.70. The molecule has 0 spiro atoms. The van der Waals surface area contributed by atoms with Crippen LogP contribution in [0, 0.1) is 0 Å². The minimum atomic E-state index is -0.425. The van der Waals surface area contributed by atoms with Gasteiger partial charge >= 0.3 is 6.09 Å². The SMILES string of the molecule is CC(C)(C)OC(=O)NCCCCCN=S. The number of carbonyl (C=O) groups excluding carboxylic acids is 1. The highest BCUT2D eigenvalue weighted by molar-refractivity contribution is 7.47. The molecule has 0 aliphatic rings. The molecule has 0 saturated heterocycles. The van der Waals surface area contributed by atoms with E-state index in [2.05, 4.69) is 22.1 Å². The maximum Gasteiger partial charge on any atom is 0.407 e. The maximum absolute atomic E-state index is 11.2. The molecule has 0 aliphatic carbocycles. The van der Waals surface area contributed by atoms with Crippen molar-refractivity contribution in [3.8, 4) is 0 Å². The molecule has 88 valence electrons. The van der Waals surface area contributed by atoms with Gasteiger partial charge in [0.1, 0.15) is 5.60 Å². The van der Waals surface area contributed by atoms with Crippen molar-refractivity contribution in [2.45, 2.75) is 45.6 Å². The van der Waals surface area contributed by atoms with E-state index < -0.39 is 5.60 Å². The fourth-order valence-electron chi connectivity index (χ4n) is 0.983. The summed E-state index contributed by atoms with van der Waals surface area (Å²) in [6.07, 6.45) is 2.59. The van der Waals surface area contributed by atoms with E-state index in [0.717, 1.165) is 25.8 Å². The highest BCUT2D eigenvalue weighted by Gasteiger charge is 2.15. The number of alkyl carbamates (subject to hydrolysis) is 1. The Hall–Kier alpha value is -0.710. The first-order chi connectivity index (χ1) is 6.95. The van der Waals surface area contributed by atoms with Crippen molar-refractivity contribution >= 4 is 18.5 Å². The van der Waals surface area contributed by atoms with E-state index in [4.69, 9.17) is 4.74 Å². The second kappa shape index (κ2) is 7.56. The third-order valence-corrected chi connectivity index (χ3v) is 1.78. The minimum absolute atomic E-state index is 0.351. The van der Waals surface area contributed by atoms with Crippen LogP contribution >= 0.6 is 0 Å². The van der Waals surface area contributed by atoms with Gasteiger partial charge in [-0.2, -0.15) is 0 Å². The summed E-state index contributed by atoms with van der Waals surface area (Å²) < 4.78 is 8.67. The second-order valence-electron chi connectivity index (χ2n) is 4.34. The van der Waals surface area contributed by atoms with Crippen molar-refractivity contribution in [2.75, 3.05) is 13.1 Å². The molecule has 0 bridgehead atoms. The number of hydrogen-bond acceptors (Lipinski definition) is 4. The topological polar surface area (TPSA) is 50.7 Å². The second-order valence-corrected chi connectivity index (χ2v) is 4.60. The zero-order valence-corrected chi connectivity index (χ0v) is 10.5. The molecule has 0 radical (unpaired) electrons. The van der Waals surface area contributed by atoms with Crippen LogP contribution in [0.25, 0.3) is 0 Å². The Morgan fingerprint density at radius 2 is 2.00 bits per heavy atom. The quantitative estimate of drug-likeness (QED) is 0.715. The molecule has 0 fully saturated rings. The molecule has 15 heavy (non-hydrogen) atoms. The summed E-state index contributed by atoms with van der Waals surface area (Å²) in [6.45, 7) is 6.90. The smallest absolute Gasteiger partial charge is 0.407 e. The van der Waals surface area contributed by atoms with Gasteiger partial charge in [-0.25, -0.2) is 9.16 Å². The molecule has 0 atom stereocenters. The molecule has 0 saturated carbocycles. The number of ether oxygens (including phenoxy) is 1. The Kier molecular flexibility index (Phi) is 7.21. The normalized spacial score (nSPS) is 10.9. The molecular weight excluding hydrogens is 212 g/mol. The number of amides is 1. The standard InChI is InChI=1S/C10H20N2O2S/c1-10(2,3)14-9(13)11-7-5-4-6-8-12-15/h4-8H2,1-3H3,(H,11,13). The average molecular weight is 232 g/mol. The number of hydrogen-bond donors (Lipinski definition) is 1. The van der Waals surface area contributed by atoms with Gasteiger partial charge in [0, 0.05) is 19.0 Å². The van der Waals surface area contributed by atoms with Crippen LogP contribution in [0.1, 0.15) is 40.0 Å². The average Bonchev–Trinajstić information content (AvgIpc) is 2.08. The van der Waals surface area contributed by atoms with E-state index >= 15 is 0 Å². The van der Waals surface area contributed by atoms with Crippen molar-refractivity contribution in [3.63, 3.8) is 0 Å². The van der Waals surface area contributed by atoms with Gasteiger partial charge in [0.2, 0.25) is 0 Å². The van der Waals surface area contributed by atoms with Gasteiger partial charge in [-0.1, -0.05) is 0 Å². The summed E-state index contributed by atoms with van der Waals surface area (Å²) in [5.74, 6) is 0. The molecule has 0 rings (SSSR count). The monoisotopic (exact) mass is 232 g/mol. The molecule has 0 aliphatic heterocycles. The van der Waals surface area contributed by atoms with Crippen molar-refractivity contribution in [2.24, 2.45) is 4.36 Å². The largest absolute Gasteiger partial charge is 0.444 e. The summed E-state index contributed by atoms with van der Waals surface area (Å²) >= 11 is 4.47. The van der Waals surface area contributed by atoms with Crippen LogP contribution in [0.3, 0.4) is 0 Å². The van der Waals surface area contributed by atoms with Crippen LogP contribution in [0.4, 0.5) is 4.79 Å². The van der Waals surface area contributed by atoms with Gasteiger partial charge in [0.15, 0.2) is 0 Å². The van der Waals surface area contributed by atoms with Crippen molar-refractivity contribution in [1.29, 1.82) is 0 Å². The summed E-state index contributed by atoms with van der Waals surface area (Å²) in [4.78, 5) is 11.2. The number of nitrogens with zero attached hydrogens (tertiary/aromatic N) is 1. The molecule has 0 aromatic heterocycles. The molecule has 0 aromatic carbocycles. The van der Waals surface area contributed by atoms with Gasteiger partial charge < -0.3 is 10.1 Å². The molecular formula is C10H20N2O2S. The van der Waals surface area contributed by atoms with E-state index in [1.54, 1.807) is 0 Å². The molecule has 1 amide bonds. The molecule has 1 N–H and O–H groups in total. The Labute approximate surface area is 96.9 Å². The fraction of sp³-hybridized carbons (Fsp3) is 0.900. The lowest BCUT2D eigenvalue weighted by atomic mass is 10.2. The van der Waals surface area contributed by atoms with Gasteiger partial charge in [0.05, 0.1) is 6.54 Å². The predicted molar refractivity (Wildman–Crippen MR) is 62.7 cm³/mol. The van der Waals surface area contributed by atoms with Crippen LogP contribution < -0.4 is 5.32 Å². The third kappa shape index (κ3) is 11.2. The number of unbranched alkanes of at least 4 members (excludes halogenated alkanes) is 2. The van der Waals surface area contributed by atoms with Crippen LogP contribution in [0.2, 0.25) is 0 Å². The first kappa shape index (κ1) is 14.3. The van der Waals surface area contributed by atoms with Gasteiger partial charge in [-0.3, -0.25) is 0 Å². The highest BCUT2D eigenvalue weighted by atomic mass is 32.1. The van der Waals surface area contributed by atoms with E-state index in [-0.39, 0.29) is 6.09 Å². The van der Waals surface area contributed by atoms with E-state index in [9.17, 15) is 4.79 Å². The van der Waals surface area contributed by atoms with Crippen LogP contribution in [0.5, 0.6) is 0 Å². The first-order valence-corrected chi connectivity index (χ1v) is 5.58. The van der Waals surface area contributed by atoms with E-state index in [1.165, 1.54) is 0 Å². The third-order valence-electron chi connectivity index (χ3n) is 1.59. The lowest BCUT2D eigenvalue weighted by molar-refractivity contribution is 0.0527. The Morgan fingerprint density at radius 3 is 2.53 bits per heavy atom. The van der Waals surface area contributed by atoms with Crippen molar-refractivity contribution in [3.05, 3.63) is 0 Å². The van der Waals surface area contributed by atoms with Gasteiger partial charge in [-0.15, -0.1) is 0 Å². The van der Waals surface area contributed by atoms with E-state index in [0.29, 0.717) is 6.54 Å². The molecule has 4 nitrogen and oxygen atoms in total. The van der Waals surface area contributed by atoms with Crippen molar-refractivity contribution in [1.82, 2.24) is 5.32 Å².